The van der Waals surface area contributed by atoms with Crippen molar-refractivity contribution in [1.29, 1.82) is 0 Å². The van der Waals surface area contributed by atoms with Crippen LogP contribution in [0.2, 0.25) is 0 Å². The highest BCUT2D eigenvalue weighted by Gasteiger charge is 2.08. The normalized spacial score (nSPS) is 11.1. The first-order valence-corrected chi connectivity index (χ1v) is 9.46. The maximum absolute atomic E-state index is 14.5. The second kappa shape index (κ2) is 8.26. The van der Waals surface area contributed by atoms with Gasteiger partial charge in [-0.2, -0.15) is 0 Å². The molecule has 0 fully saturated rings. The van der Waals surface area contributed by atoms with Crippen LogP contribution in [0.1, 0.15) is 27.7 Å². The van der Waals surface area contributed by atoms with Crippen LogP contribution in [0.25, 0.3) is 22.3 Å². The number of halogens is 1. The molecule has 0 heterocycles. The van der Waals surface area contributed by atoms with Crippen LogP contribution in [0, 0.1) is 5.82 Å². The van der Waals surface area contributed by atoms with E-state index in [1.54, 1.807) is 6.07 Å². The topological polar surface area (TPSA) is 24.1 Å². The first-order valence-electron chi connectivity index (χ1n) is 9.46. The molecule has 0 aliphatic carbocycles. The maximum atomic E-state index is 14.5. The zero-order valence-corrected chi connectivity index (χ0v) is 16.4. The van der Waals surface area contributed by atoms with Crippen molar-refractivity contribution in [1.82, 2.24) is 0 Å². The highest BCUT2D eigenvalue weighted by atomic mass is 19.1. The summed E-state index contributed by atoms with van der Waals surface area (Å²) in [6.07, 6.45) is 0. The SMILES string of the molecule is CC(C)Nc1ccc(-c2ccc(-c3ccc(NC(C)C)cc3F)cc2)cc1. The van der Waals surface area contributed by atoms with Crippen molar-refractivity contribution < 1.29 is 4.39 Å². The summed E-state index contributed by atoms with van der Waals surface area (Å²) in [5.74, 6) is -0.211. The molecule has 0 saturated heterocycles. The summed E-state index contributed by atoms with van der Waals surface area (Å²) in [5.41, 5.74) is 5.68. The minimum atomic E-state index is -0.211. The molecule has 0 atom stereocenters. The Hall–Kier alpha value is -2.81. The summed E-state index contributed by atoms with van der Waals surface area (Å²) >= 11 is 0. The van der Waals surface area contributed by atoms with E-state index in [0.29, 0.717) is 11.6 Å². The van der Waals surface area contributed by atoms with E-state index in [0.717, 1.165) is 28.1 Å². The molecule has 3 aromatic carbocycles. The number of hydrogen-bond donors (Lipinski definition) is 2. The summed E-state index contributed by atoms with van der Waals surface area (Å²) in [6, 6.07) is 22.4. The van der Waals surface area contributed by atoms with Crippen LogP contribution in [0.3, 0.4) is 0 Å². The molecule has 27 heavy (non-hydrogen) atoms. The van der Waals surface area contributed by atoms with Crippen LogP contribution >= 0.6 is 0 Å². The molecule has 0 saturated carbocycles. The lowest BCUT2D eigenvalue weighted by molar-refractivity contribution is 0.631. The number of benzene rings is 3. The van der Waals surface area contributed by atoms with Crippen molar-refractivity contribution >= 4 is 11.4 Å². The molecule has 2 N–H and O–H groups in total. The van der Waals surface area contributed by atoms with E-state index < -0.39 is 0 Å². The largest absolute Gasteiger partial charge is 0.383 e. The van der Waals surface area contributed by atoms with Gasteiger partial charge in [0, 0.05) is 29.0 Å². The Morgan fingerprint density at radius 1 is 0.593 bits per heavy atom. The van der Waals surface area contributed by atoms with Crippen molar-refractivity contribution in [3.05, 3.63) is 72.5 Å². The predicted octanol–water partition coefficient (Wildman–Crippen LogP) is 6.80. The van der Waals surface area contributed by atoms with E-state index in [4.69, 9.17) is 0 Å². The van der Waals surface area contributed by atoms with Gasteiger partial charge in [-0.1, -0.05) is 36.4 Å². The Bertz CT molecular complexity index is 881. The molecule has 3 aromatic rings. The van der Waals surface area contributed by atoms with E-state index in [9.17, 15) is 4.39 Å². The third kappa shape index (κ3) is 4.88. The molecule has 2 nitrogen and oxygen atoms in total. The minimum absolute atomic E-state index is 0.211. The van der Waals surface area contributed by atoms with Gasteiger partial charge in [0.2, 0.25) is 0 Å². The van der Waals surface area contributed by atoms with Crippen LogP contribution in [0.5, 0.6) is 0 Å². The monoisotopic (exact) mass is 362 g/mol. The van der Waals surface area contributed by atoms with Gasteiger partial charge in [-0.05, 0) is 74.7 Å². The lowest BCUT2D eigenvalue weighted by atomic mass is 9.99. The summed E-state index contributed by atoms with van der Waals surface area (Å²) in [5, 5.41) is 6.62. The van der Waals surface area contributed by atoms with Crippen LogP contribution in [-0.2, 0) is 0 Å². The Balaban J connectivity index is 1.79. The van der Waals surface area contributed by atoms with Crippen LogP contribution < -0.4 is 10.6 Å². The second-order valence-corrected chi connectivity index (χ2v) is 7.45. The van der Waals surface area contributed by atoms with Gasteiger partial charge in [0.1, 0.15) is 5.82 Å². The zero-order valence-electron chi connectivity index (χ0n) is 16.4. The van der Waals surface area contributed by atoms with Gasteiger partial charge < -0.3 is 10.6 Å². The molecule has 0 aliphatic rings. The zero-order chi connectivity index (χ0) is 19.4. The number of anilines is 2. The van der Waals surface area contributed by atoms with E-state index in [1.165, 1.54) is 0 Å². The molecule has 0 amide bonds. The Labute approximate surface area is 161 Å². The summed E-state index contributed by atoms with van der Waals surface area (Å²) in [4.78, 5) is 0. The van der Waals surface area contributed by atoms with Crippen molar-refractivity contribution in [2.24, 2.45) is 0 Å². The average molecular weight is 362 g/mol. The van der Waals surface area contributed by atoms with Crippen molar-refractivity contribution in [2.45, 2.75) is 39.8 Å². The molecule has 140 valence electrons. The van der Waals surface area contributed by atoms with Crippen LogP contribution in [0.15, 0.2) is 66.7 Å². The van der Waals surface area contributed by atoms with Crippen LogP contribution in [-0.4, -0.2) is 12.1 Å². The number of rotatable bonds is 6. The Kier molecular flexibility index (Phi) is 5.80. The minimum Gasteiger partial charge on any atom is -0.383 e. The Morgan fingerprint density at radius 2 is 1.04 bits per heavy atom. The highest BCUT2D eigenvalue weighted by molar-refractivity contribution is 5.72. The molecule has 3 heteroatoms. The van der Waals surface area contributed by atoms with Crippen molar-refractivity contribution in [3.8, 4) is 22.3 Å². The molecular formula is C24H27FN2. The molecule has 0 aliphatic heterocycles. The van der Waals surface area contributed by atoms with Gasteiger partial charge in [-0.25, -0.2) is 4.39 Å². The summed E-state index contributed by atoms with van der Waals surface area (Å²) < 4.78 is 14.5. The fraction of sp³-hybridized carbons (Fsp3) is 0.250. The molecular weight excluding hydrogens is 335 g/mol. The van der Waals surface area contributed by atoms with Crippen LogP contribution in [0.4, 0.5) is 15.8 Å². The van der Waals surface area contributed by atoms with E-state index in [2.05, 4.69) is 48.7 Å². The number of nitrogens with one attached hydrogen (secondary N) is 2. The molecule has 0 radical (unpaired) electrons. The van der Waals surface area contributed by atoms with Gasteiger partial charge in [-0.3, -0.25) is 0 Å². The first-order chi connectivity index (χ1) is 12.9. The van der Waals surface area contributed by atoms with Gasteiger partial charge in [-0.15, -0.1) is 0 Å². The van der Waals surface area contributed by atoms with E-state index in [-0.39, 0.29) is 11.9 Å². The molecule has 0 aromatic heterocycles. The fourth-order valence-electron chi connectivity index (χ4n) is 3.11. The van der Waals surface area contributed by atoms with Gasteiger partial charge in [0.05, 0.1) is 0 Å². The fourth-order valence-corrected chi connectivity index (χ4v) is 3.11. The summed E-state index contributed by atoms with van der Waals surface area (Å²) in [7, 11) is 0. The molecule has 3 rings (SSSR count). The van der Waals surface area contributed by atoms with Gasteiger partial charge >= 0.3 is 0 Å². The van der Waals surface area contributed by atoms with E-state index >= 15 is 0 Å². The molecule has 0 bridgehead atoms. The third-order valence-electron chi connectivity index (χ3n) is 4.29. The standard InChI is InChI=1S/C24H27FN2/c1-16(2)26-21-11-9-19(10-12-21)18-5-7-20(8-6-18)23-14-13-22(15-24(23)25)27-17(3)4/h5-17,26-27H,1-4H3. The second-order valence-electron chi connectivity index (χ2n) is 7.45. The molecule has 0 unspecified atom stereocenters. The maximum Gasteiger partial charge on any atom is 0.133 e. The predicted molar refractivity (Wildman–Crippen MR) is 115 cm³/mol. The first kappa shape index (κ1) is 19.0. The highest BCUT2D eigenvalue weighted by Crippen LogP contribution is 2.29. The van der Waals surface area contributed by atoms with Crippen molar-refractivity contribution in [2.75, 3.05) is 10.6 Å². The lowest BCUT2D eigenvalue weighted by Crippen LogP contribution is -2.09. The van der Waals surface area contributed by atoms with Gasteiger partial charge in [0.15, 0.2) is 0 Å². The quantitative estimate of drug-likeness (QED) is 0.504. The molecule has 0 spiro atoms. The van der Waals surface area contributed by atoms with E-state index in [1.807, 2.05) is 50.2 Å². The number of hydrogen-bond acceptors (Lipinski definition) is 2. The van der Waals surface area contributed by atoms with Gasteiger partial charge in [0.25, 0.3) is 0 Å². The Morgan fingerprint density at radius 3 is 1.56 bits per heavy atom. The smallest absolute Gasteiger partial charge is 0.133 e. The average Bonchev–Trinajstić information content (AvgIpc) is 2.62. The van der Waals surface area contributed by atoms with Crippen molar-refractivity contribution in [3.63, 3.8) is 0 Å². The lowest BCUT2D eigenvalue weighted by Gasteiger charge is -2.12. The third-order valence-corrected chi connectivity index (χ3v) is 4.29. The summed E-state index contributed by atoms with van der Waals surface area (Å²) in [6.45, 7) is 8.32.